The monoisotopic (exact) mass is 366 g/mol. The standard InChI is InChI=1S/C21H26N4O2/c26-19(21(9-13-27-14-10-21)17-7-3-1-4-8-17)24-18-15-22-20(23-16-18)25-11-5-2-6-12-25/h1,3-4,7-8,15-16H,2,5-6,9-14H2,(H,24,26). The summed E-state index contributed by atoms with van der Waals surface area (Å²) in [4.78, 5) is 24.4. The molecule has 2 saturated heterocycles. The van der Waals surface area contributed by atoms with Gasteiger partial charge in [-0.05, 0) is 37.7 Å². The van der Waals surface area contributed by atoms with Gasteiger partial charge in [-0.15, -0.1) is 0 Å². The highest BCUT2D eigenvalue weighted by Crippen LogP contribution is 2.36. The van der Waals surface area contributed by atoms with Crippen LogP contribution in [0.5, 0.6) is 0 Å². The number of amides is 1. The average molecular weight is 366 g/mol. The summed E-state index contributed by atoms with van der Waals surface area (Å²) in [5.74, 6) is 0.739. The van der Waals surface area contributed by atoms with E-state index >= 15 is 0 Å². The third kappa shape index (κ3) is 3.81. The molecule has 2 aliphatic rings. The number of aromatic nitrogens is 2. The Hall–Kier alpha value is -2.47. The number of nitrogens with one attached hydrogen (secondary N) is 1. The van der Waals surface area contributed by atoms with Gasteiger partial charge in [-0.3, -0.25) is 4.79 Å². The Morgan fingerprint density at radius 2 is 1.67 bits per heavy atom. The normalized spacial score (nSPS) is 19.5. The maximum atomic E-state index is 13.2. The first-order chi connectivity index (χ1) is 13.3. The molecule has 0 aliphatic carbocycles. The minimum absolute atomic E-state index is 0.00803. The molecule has 6 nitrogen and oxygen atoms in total. The SMILES string of the molecule is O=C(Nc1cnc(N2CCCCC2)nc1)C1(c2ccccc2)CCOCC1. The van der Waals surface area contributed by atoms with Crippen LogP contribution in [0.4, 0.5) is 11.6 Å². The van der Waals surface area contributed by atoms with Crippen LogP contribution >= 0.6 is 0 Å². The van der Waals surface area contributed by atoms with Crippen molar-refractivity contribution in [2.75, 3.05) is 36.5 Å². The maximum absolute atomic E-state index is 13.2. The lowest BCUT2D eigenvalue weighted by Crippen LogP contribution is -2.44. The minimum atomic E-state index is -0.564. The van der Waals surface area contributed by atoms with E-state index in [9.17, 15) is 4.79 Å². The van der Waals surface area contributed by atoms with Crippen LogP contribution in [0.1, 0.15) is 37.7 Å². The van der Waals surface area contributed by atoms with Gasteiger partial charge in [0.2, 0.25) is 11.9 Å². The summed E-state index contributed by atoms with van der Waals surface area (Å²) in [5, 5.41) is 3.04. The first kappa shape index (κ1) is 17.9. The Labute approximate surface area is 160 Å². The lowest BCUT2D eigenvalue weighted by atomic mass is 9.73. The van der Waals surface area contributed by atoms with E-state index in [0.29, 0.717) is 31.7 Å². The topological polar surface area (TPSA) is 67.4 Å². The summed E-state index contributed by atoms with van der Waals surface area (Å²) < 4.78 is 5.52. The Kier molecular flexibility index (Phi) is 5.34. The van der Waals surface area contributed by atoms with Gasteiger partial charge in [-0.1, -0.05) is 30.3 Å². The number of hydrogen-bond donors (Lipinski definition) is 1. The van der Waals surface area contributed by atoms with Gasteiger partial charge in [0.05, 0.1) is 23.5 Å². The molecular formula is C21H26N4O2. The van der Waals surface area contributed by atoms with Gasteiger partial charge in [0.25, 0.3) is 0 Å². The fourth-order valence-electron chi connectivity index (χ4n) is 4.02. The van der Waals surface area contributed by atoms with Gasteiger partial charge in [0, 0.05) is 26.3 Å². The van der Waals surface area contributed by atoms with Crippen molar-refractivity contribution in [1.82, 2.24) is 9.97 Å². The van der Waals surface area contributed by atoms with Crippen molar-refractivity contribution in [2.45, 2.75) is 37.5 Å². The summed E-state index contributed by atoms with van der Waals surface area (Å²) >= 11 is 0. The Balaban J connectivity index is 1.51. The van der Waals surface area contributed by atoms with Crippen molar-refractivity contribution < 1.29 is 9.53 Å². The third-order valence-corrected chi connectivity index (χ3v) is 5.64. The van der Waals surface area contributed by atoms with Crippen LogP contribution in [0.15, 0.2) is 42.7 Å². The van der Waals surface area contributed by atoms with Crippen LogP contribution in [0.2, 0.25) is 0 Å². The highest BCUT2D eigenvalue weighted by Gasteiger charge is 2.41. The number of hydrogen-bond acceptors (Lipinski definition) is 5. The van der Waals surface area contributed by atoms with Crippen LogP contribution < -0.4 is 10.2 Å². The third-order valence-electron chi connectivity index (χ3n) is 5.64. The molecule has 0 radical (unpaired) electrons. The molecule has 27 heavy (non-hydrogen) atoms. The molecule has 6 heteroatoms. The van der Waals surface area contributed by atoms with Crippen molar-refractivity contribution in [3.63, 3.8) is 0 Å². The summed E-state index contributed by atoms with van der Waals surface area (Å²) in [6.07, 6.45) is 8.42. The fourth-order valence-corrected chi connectivity index (χ4v) is 4.02. The second kappa shape index (κ2) is 8.05. The molecule has 0 unspecified atom stereocenters. The molecule has 142 valence electrons. The Morgan fingerprint density at radius 1 is 1.00 bits per heavy atom. The molecule has 0 saturated carbocycles. The van der Waals surface area contributed by atoms with E-state index in [4.69, 9.17) is 4.74 Å². The van der Waals surface area contributed by atoms with Crippen molar-refractivity contribution >= 4 is 17.5 Å². The lowest BCUT2D eigenvalue weighted by molar-refractivity contribution is -0.125. The summed E-state index contributed by atoms with van der Waals surface area (Å²) in [6.45, 7) is 3.19. The summed E-state index contributed by atoms with van der Waals surface area (Å²) in [5.41, 5.74) is 1.12. The number of nitrogens with zero attached hydrogens (tertiary/aromatic N) is 3. The van der Waals surface area contributed by atoms with Crippen LogP contribution in [0.25, 0.3) is 0 Å². The Morgan fingerprint density at radius 3 is 2.33 bits per heavy atom. The van der Waals surface area contributed by atoms with Crippen LogP contribution in [-0.2, 0) is 14.9 Å². The highest BCUT2D eigenvalue weighted by molar-refractivity contribution is 5.99. The predicted molar refractivity (Wildman–Crippen MR) is 105 cm³/mol. The minimum Gasteiger partial charge on any atom is -0.381 e. The zero-order chi connectivity index (χ0) is 18.5. The molecule has 3 heterocycles. The van der Waals surface area contributed by atoms with E-state index in [1.165, 1.54) is 19.3 Å². The van der Waals surface area contributed by atoms with E-state index in [1.54, 1.807) is 12.4 Å². The molecule has 2 aromatic rings. The first-order valence-electron chi connectivity index (χ1n) is 9.80. The molecule has 1 N–H and O–H groups in total. The molecular weight excluding hydrogens is 340 g/mol. The fraction of sp³-hybridized carbons (Fsp3) is 0.476. The van der Waals surface area contributed by atoms with E-state index in [1.807, 2.05) is 30.3 Å². The van der Waals surface area contributed by atoms with E-state index < -0.39 is 5.41 Å². The first-order valence-corrected chi connectivity index (χ1v) is 9.80. The van der Waals surface area contributed by atoms with Crippen molar-refractivity contribution in [3.05, 3.63) is 48.3 Å². The molecule has 1 aromatic heterocycles. The molecule has 0 spiro atoms. The van der Waals surface area contributed by atoms with E-state index in [2.05, 4.69) is 20.2 Å². The number of carbonyl (C=O) groups is 1. The van der Waals surface area contributed by atoms with Crippen molar-refractivity contribution in [3.8, 4) is 0 Å². The van der Waals surface area contributed by atoms with Crippen LogP contribution in [-0.4, -0.2) is 42.2 Å². The van der Waals surface area contributed by atoms with Crippen molar-refractivity contribution in [1.29, 1.82) is 0 Å². The second-order valence-electron chi connectivity index (χ2n) is 7.33. The lowest BCUT2D eigenvalue weighted by Gasteiger charge is -2.36. The number of rotatable bonds is 4. The van der Waals surface area contributed by atoms with Crippen LogP contribution in [0.3, 0.4) is 0 Å². The van der Waals surface area contributed by atoms with Gasteiger partial charge >= 0.3 is 0 Å². The number of piperidine rings is 1. The number of carbonyl (C=O) groups excluding carboxylic acids is 1. The average Bonchev–Trinajstić information content (AvgIpc) is 2.76. The molecule has 0 atom stereocenters. The van der Waals surface area contributed by atoms with Gasteiger partial charge in [-0.2, -0.15) is 0 Å². The molecule has 0 bridgehead atoms. The molecule has 2 fully saturated rings. The summed E-state index contributed by atoms with van der Waals surface area (Å²) in [7, 11) is 0. The maximum Gasteiger partial charge on any atom is 0.235 e. The summed E-state index contributed by atoms with van der Waals surface area (Å²) in [6, 6.07) is 10.00. The largest absolute Gasteiger partial charge is 0.381 e. The molecule has 1 amide bonds. The van der Waals surface area contributed by atoms with Crippen molar-refractivity contribution in [2.24, 2.45) is 0 Å². The van der Waals surface area contributed by atoms with Gasteiger partial charge in [0.1, 0.15) is 0 Å². The second-order valence-corrected chi connectivity index (χ2v) is 7.33. The van der Waals surface area contributed by atoms with Gasteiger partial charge < -0.3 is 15.0 Å². The van der Waals surface area contributed by atoms with E-state index in [0.717, 1.165) is 24.6 Å². The zero-order valence-electron chi connectivity index (χ0n) is 15.6. The molecule has 4 rings (SSSR count). The van der Waals surface area contributed by atoms with Gasteiger partial charge in [0.15, 0.2) is 0 Å². The quantitative estimate of drug-likeness (QED) is 0.900. The predicted octanol–water partition coefficient (Wildman–Crippen LogP) is 3.15. The number of benzene rings is 1. The number of ether oxygens (including phenoxy) is 1. The zero-order valence-corrected chi connectivity index (χ0v) is 15.6. The highest BCUT2D eigenvalue weighted by atomic mass is 16.5. The molecule has 2 aliphatic heterocycles. The smallest absolute Gasteiger partial charge is 0.235 e. The van der Waals surface area contributed by atoms with E-state index in [-0.39, 0.29) is 5.91 Å². The Bertz CT molecular complexity index is 752. The molecule has 1 aromatic carbocycles. The number of anilines is 2. The van der Waals surface area contributed by atoms with Gasteiger partial charge in [-0.25, -0.2) is 9.97 Å². The van der Waals surface area contributed by atoms with Crippen LogP contribution in [0, 0.1) is 0 Å².